The van der Waals surface area contributed by atoms with Gasteiger partial charge in [0.1, 0.15) is 17.6 Å². The van der Waals surface area contributed by atoms with Crippen molar-refractivity contribution in [1.82, 2.24) is 20.1 Å². The van der Waals surface area contributed by atoms with Gasteiger partial charge in [-0.3, -0.25) is 4.90 Å². The number of aliphatic hydroxyl groups excluding tert-OH is 1. The van der Waals surface area contributed by atoms with E-state index in [1.165, 1.54) is 5.56 Å². The zero-order chi connectivity index (χ0) is 20.5. The van der Waals surface area contributed by atoms with Crippen LogP contribution in [0.5, 0.6) is 0 Å². The third kappa shape index (κ3) is 3.94. The summed E-state index contributed by atoms with van der Waals surface area (Å²) in [7, 11) is 0. The molecule has 1 atom stereocenters. The summed E-state index contributed by atoms with van der Waals surface area (Å²) in [6.45, 7) is 5.70. The normalized spacial score (nSPS) is 18.5. The first-order valence-corrected chi connectivity index (χ1v) is 10.3. The average molecular weight is 408 g/mol. The lowest BCUT2D eigenvalue weighted by atomic mass is 10.0. The molecular formula is C22H24N4O4. The molecule has 2 aromatic carbocycles. The number of fused-ring (bicyclic) bond motifs is 2. The number of cyclic esters (lactones) is 1. The number of ether oxygens (including phenoxy) is 1. The number of hydrogen-bond donors (Lipinski definition) is 1. The summed E-state index contributed by atoms with van der Waals surface area (Å²) in [4.78, 5) is 16.3. The van der Waals surface area contributed by atoms with Crippen LogP contribution in [-0.2, 0) is 17.8 Å². The topological polar surface area (TPSA) is 91.9 Å². The second-order valence-corrected chi connectivity index (χ2v) is 7.99. The van der Waals surface area contributed by atoms with Crippen molar-refractivity contribution in [3.05, 3.63) is 58.7 Å². The van der Waals surface area contributed by atoms with E-state index < -0.39 is 6.10 Å². The molecule has 3 aromatic rings. The summed E-state index contributed by atoms with van der Waals surface area (Å²) >= 11 is 0. The highest BCUT2D eigenvalue weighted by Crippen LogP contribution is 2.25. The second kappa shape index (κ2) is 8.14. The quantitative estimate of drug-likeness (QED) is 0.617. The van der Waals surface area contributed by atoms with E-state index in [1.54, 1.807) is 6.07 Å². The molecule has 30 heavy (non-hydrogen) atoms. The average Bonchev–Trinajstić information content (AvgIpc) is 3.39. The number of nitrogens with zero attached hydrogens (tertiary/aromatic N) is 4. The van der Waals surface area contributed by atoms with Gasteiger partial charge in [0.25, 0.3) is 0 Å². The van der Waals surface area contributed by atoms with E-state index in [9.17, 15) is 9.90 Å². The van der Waals surface area contributed by atoms with Crippen LogP contribution in [0, 0.1) is 0 Å². The molecule has 0 aliphatic carbocycles. The Morgan fingerprint density at radius 3 is 2.67 bits per heavy atom. The summed E-state index contributed by atoms with van der Waals surface area (Å²) in [6, 6.07) is 11.5. The maximum absolute atomic E-state index is 11.6. The third-order valence-electron chi connectivity index (χ3n) is 6.02. The van der Waals surface area contributed by atoms with Crippen LogP contribution in [0.15, 0.2) is 41.0 Å². The highest BCUT2D eigenvalue weighted by molar-refractivity contribution is 5.93. The number of rotatable bonds is 6. The Morgan fingerprint density at radius 2 is 1.80 bits per heavy atom. The molecule has 0 bridgehead atoms. The van der Waals surface area contributed by atoms with Crippen molar-refractivity contribution in [2.45, 2.75) is 19.1 Å². The number of carbonyl (C=O) groups excluding carboxylic acids is 1. The number of piperazine rings is 1. The molecule has 2 aliphatic heterocycles. The first kappa shape index (κ1) is 19.2. The van der Waals surface area contributed by atoms with Gasteiger partial charge in [-0.15, -0.1) is 0 Å². The van der Waals surface area contributed by atoms with Crippen LogP contribution in [0.1, 0.15) is 33.2 Å². The van der Waals surface area contributed by atoms with Gasteiger partial charge in [0.2, 0.25) is 0 Å². The summed E-state index contributed by atoms with van der Waals surface area (Å²) < 4.78 is 9.80. The predicted octanol–water partition coefficient (Wildman–Crippen LogP) is 1.79. The third-order valence-corrected chi connectivity index (χ3v) is 6.02. The van der Waals surface area contributed by atoms with Crippen LogP contribution in [0.25, 0.3) is 11.0 Å². The summed E-state index contributed by atoms with van der Waals surface area (Å²) in [5.41, 5.74) is 5.13. The van der Waals surface area contributed by atoms with E-state index in [0.717, 1.165) is 61.3 Å². The van der Waals surface area contributed by atoms with Crippen LogP contribution in [0.4, 0.5) is 0 Å². The number of aliphatic hydroxyl groups is 1. The van der Waals surface area contributed by atoms with E-state index in [4.69, 9.17) is 9.37 Å². The minimum absolute atomic E-state index is 0.278. The van der Waals surface area contributed by atoms with Gasteiger partial charge < -0.3 is 14.7 Å². The minimum atomic E-state index is -0.569. The van der Waals surface area contributed by atoms with Crippen LogP contribution in [-0.4, -0.2) is 70.5 Å². The Kier molecular flexibility index (Phi) is 5.20. The van der Waals surface area contributed by atoms with Crippen molar-refractivity contribution in [3.63, 3.8) is 0 Å². The minimum Gasteiger partial charge on any atom is -0.457 e. The van der Waals surface area contributed by atoms with E-state index in [-0.39, 0.29) is 5.97 Å². The van der Waals surface area contributed by atoms with Gasteiger partial charge in [0.15, 0.2) is 0 Å². The molecule has 156 valence electrons. The van der Waals surface area contributed by atoms with Crippen molar-refractivity contribution in [2.75, 3.05) is 39.3 Å². The molecule has 0 amide bonds. The lowest BCUT2D eigenvalue weighted by molar-refractivity contribution is 0.0535. The van der Waals surface area contributed by atoms with Gasteiger partial charge in [0, 0.05) is 44.8 Å². The number of hydrogen-bond acceptors (Lipinski definition) is 8. The maximum atomic E-state index is 11.6. The number of β-amino-alcohol motifs (C(OH)–C–C–N with tert-alkyl or cyclic N) is 1. The van der Waals surface area contributed by atoms with Crippen molar-refractivity contribution in [3.8, 4) is 0 Å². The molecule has 3 heterocycles. The molecule has 1 unspecified atom stereocenters. The Morgan fingerprint density at radius 1 is 1.00 bits per heavy atom. The summed E-state index contributed by atoms with van der Waals surface area (Å²) in [5, 5.41) is 18.4. The fourth-order valence-corrected chi connectivity index (χ4v) is 4.18. The largest absolute Gasteiger partial charge is 0.457 e. The zero-order valence-electron chi connectivity index (χ0n) is 16.7. The fraction of sp³-hybridized carbons (Fsp3) is 0.409. The first-order valence-electron chi connectivity index (χ1n) is 10.3. The summed E-state index contributed by atoms with van der Waals surface area (Å²) in [6.07, 6.45) is 0.391. The van der Waals surface area contributed by atoms with Gasteiger partial charge in [-0.05, 0) is 52.1 Å². The number of aromatic nitrogens is 2. The molecule has 1 saturated heterocycles. The number of esters is 1. The molecule has 8 nitrogen and oxygen atoms in total. The van der Waals surface area contributed by atoms with Crippen LogP contribution in [0.2, 0.25) is 0 Å². The van der Waals surface area contributed by atoms with Crippen LogP contribution < -0.4 is 0 Å². The first-order chi connectivity index (χ1) is 14.7. The van der Waals surface area contributed by atoms with E-state index in [0.29, 0.717) is 18.7 Å². The van der Waals surface area contributed by atoms with Gasteiger partial charge in [-0.2, -0.15) is 0 Å². The van der Waals surface area contributed by atoms with Crippen LogP contribution >= 0.6 is 0 Å². The highest BCUT2D eigenvalue weighted by atomic mass is 16.6. The predicted molar refractivity (Wildman–Crippen MR) is 109 cm³/mol. The van der Waals surface area contributed by atoms with Crippen molar-refractivity contribution < 1.29 is 19.3 Å². The van der Waals surface area contributed by atoms with Gasteiger partial charge >= 0.3 is 5.97 Å². The lowest BCUT2D eigenvalue weighted by Crippen LogP contribution is -2.47. The van der Waals surface area contributed by atoms with Crippen molar-refractivity contribution in [1.29, 1.82) is 0 Å². The molecule has 5 rings (SSSR count). The zero-order valence-corrected chi connectivity index (χ0v) is 16.7. The van der Waals surface area contributed by atoms with Crippen molar-refractivity contribution >= 4 is 17.0 Å². The molecule has 8 heteroatoms. The SMILES string of the molecule is O=C1OCc2cc(C(O)CN3CCN(CCc4ccc5nonc5c4)CC3)ccc21. The lowest BCUT2D eigenvalue weighted by Gasteiger charge is -2.35. The molecule has 1 N–H and O–H groups in total. The molecule has 2 aliphatic rings. The molecule has 0 saturated carbocycles. The molecule has 1 fully saturated rings. The number of benzene rings is 2. The molecule has 1 aromatic heterocycles. The molecule has 0 radical (unpaired) electrons. The Hall–Kier alpha value is -2.81. The van der Waals surface area contributed by atoms with E-state index in [2.05, 4.69) is 26.2 Å². The van der Waals surface area contributed by atoms with E-state index >= 15 is 0 Å². The van der Waals surface area contributed by atoms with E-state index in [1.807, 2.05) is 24.3 Å². The Balaban J connectivity index is 1.10. The van der Waals surface area contributed by atoms with Gasteiger partial charge in [0.05, 0.1) is 11.7 Å². The standard InChI is InChI=1S/C22H24N4O4/c27-21(16-2-3-18-17(12-16)14-29-22(18)28)13-26-9-7-25(8-10-26)6-5-15-1-4-19-20(11-15)24-30-23-19/h1-4,11-12,21,27H,5-10,13-14H2. The maximum Gasteiger partial charge on any atom is 0.338 e. The second-order valence-electron chi connectivity index (χ2n) is 7.99. The molecular weight excluding hydrogens is 384 g/mol. The smallest absolute Gasteiger partial charge is 0.338 e. The monoisotopic (exact) mass is 408 g/mol. The van der Waals surface area contributed by atoms with Gasteiger partial charge in [-0.1, -0.05) is 12.1 Å². The fourth-order valence-electron chi connectivity index (χ4n) is 4.18. The molecule has 0 spiro atoms. The Labute approximate surface area is 174 Å². The highest BCUT2D eigenvalue weighted by Gasteiger charge is 2.24. The Bertz CT molecular complexity index is 1060. The van der Waals surface area contributed by atoms with Gasteiger partial charge in [-0.25, -0.2) is 9.42 Å². The van der Waals surface area contributed by atoms with Crippen LogP contribution in [0.3, 0.4) is 0 Å². The van der Waals surface area contributed by atoms with Crippen molar-refractivity contribution in [2.24, 2.45) is 0 Å². The number of carbonyl (C=O) groups is 1. The summed E-state index contributed by atoms with van der Waals surface area (Å²) in [5.74, 6) is -0.278.